The molecule has 1 atom stereocenters. The molecule has 1 heterocycles. The van der Waals surface area contributed by atoms with Crippen molar-refractivity contribution >= 4 is 5.91 Å². The average Bonchev–Trinajstić information content (AvgIpc) is 2.18. The zero-order chi connectivity index (χ0) is 11.3. The topological polar surface area (TPSA) is 43.8 Å². The summed E-state index contributed by atoms with van der Waals surface area (Å²) >= 11 is 0. The highest BCUT2D eigenvalue weighted by Gasteiger charge is 2.25. The van der Waals surface area contributed by atoms with E-state index in [1.54, 1.807) is 0 Å². The van der Waals surface area contributed by atoms with Crippen molar-refractivity contribution in [2.45, 2.75) is 31.7 Å². The molecule has 0 aromatic carbocycles. The Morgan fingerprint density at radius 3 is 2.80 bits per heavy atom. The zero-order valence-electron chi connectivity index (χ0n) is 9.78. The molecular weight excluding hydrogens is 192 g/mol. The number of likely N-dealkylation sites (tertiary alicyclic amines) is 1. The maximum absolute atomic E-state index is 11.9. The van der Waals surface area contributed by atoms with Gasteiger partial charge in [-0.3, -0.25) is 4.79 Å². The first kappa shape index (κ1) is 12.5. The number of nitrogens with zero attached hydrogens (tertiary/aromatic N) is 2. The maximum Gasteiger partial charge on any atom is 0.236 e. The number of hydrogen-bond acceptors (Lipinski definition) is 3. The second-order valence-electron chi connectivity index (χ2n) is 4.49. The summed E-state index contributed by atoms with van der Waals surface area (Å²) in [6, 6.07) is 0.260. The molecule has 0 aromatic rings. The van der Waals surface area contributed by atoms with Gasteiger partial charge in [0.2, 0.25) is 5.91 Å². The number of aliphatic hydroxyl groups excluding tert-OH is 1. The van der Waals surface area contributed by atoms with Crippen molar-refractivity contribution in [1.82, 2.24) is 9.80 Å². The number of carbonyl (C=O) groups excluding carboxylic acids is 1. The van der Waals surface area contributed by atoms with Crippen molar-refractivity contribution < 1.29 is 9.90 Å². The number of rotatable bonds is 4. The molecule has 1 N–H and O–H groups in total. The number of piperidine rings is 1. The molecule has 1 unspecified atom stereocenters. The van der Waals surface area contributed by atoms with E-state index < -0.39 is 0 Å². The zero-order valence-corrected chi connectivity index (χ0v) is 9.78. The Kier molecular flexibility index (Phi) is 5.05. The molecule has 4 heteroatoms. The van der Waals surface area contributed by atoms with Crippen LogP contribution in [-0.4, -0.2) is 60.6 Å². The van der Waals surface area contributed by atoms with Crippen LogP contribution in [0.5, 0.6) is 0 Å². The second-order valence-corrected chi connectivity index (χ2v) is 4.49. The Hall–Kier alpha value is -0.610. The van der Waals surface area contributed by atoms with Crippen molar-refractivity contribution in [2.75, 3.05) is 33.8 Å². The molecule has 15 heavy (non-hydrogen) atoms. The molecule has 0 aliphatic carbocycles. The van der Waals surface area contributed by atoms with Crippen LogP contribution >= 0.6 is 0 Å². The van der Waals surface area contributed by atoms with Crippen LogP contribution < -0.4 is 0 Å². The fraction of sp³-hybridized carbons (Fsp3) is 0.909. The molecule has 1 saturated heterocycles. The molecule has 0 aromatic heterocycles. The maximum atomic E-state index is 11.9. The van der Waals surface area contributed by atoms with Gasteiger partial charge < -0.3 is 14.9 Å². The highest BCUT2D eigenvalue weighted by molar-refractivity contribution is 5.78. The monoisotopic (exact) mass is 214 g/mol. The van der Waals surface area contributed by atoms with Gasteiger partial charge in [0.05, 0.1) is 6.54 Å². The molecule has 1 amide bonds. The van der Waals surface area contributed by atoms with Crippen LogP contribution in [0.25, 0.3) is 0 Å². The van der Waals surface area contributed by atoms with Gasteiger partial charge >= 0.3 is 0 Å². The Labute approximate surface area is 91.9 Å². The normalized spacial score (nSPS) is 22.1. The summed E-state index contributed by atoms with van der Waals surface area (Å²) in [5, 5.41) is 8.95. The fourth-order valence-electron chi connectivity index (χ4n) is 2.14. The largest absolute Gasteiger partial charge is 0.396 e. The highest BCUT2D eigenvalue weighted by Crippen LogP contribution is 2.19. The molecular formula is C11H22N2O2. The first-order valence-electron chi connectivity index (χ1n) is 5.70. The van der Waals surface area contributed by atoms with Gasteiger partial charge in [-0.15, -0.1) is 0 Å². The lowest BCUT2D eigenvalue weighted by atomic mass is 9.99. The third-order valence-corrected chi connectivity index (χ3v) is 2.86. The lowest BCUT2D eigenvalue weighted by molar-refractivity contribution is -0.135. The number of likely N-dealkylation sites (N-methyl/N-ethyl adjacent to an activating group) is 1. The van der Waals surface area contributed by atoms with E-state index in [1.807, 2.05) is 23.9 Å². The molecule has 0 saturated carbocycles. The van der Waals surface area contributed by atoms with Crippen molar-refractivity contribution in [2.24, 2.45) is 0 Å². The quantitative estimate of drug-likeness (QED) is 0.732. The molecule has 4 nitrogen and oxygen atoms in total. The van der Waals surface area contributed by atoms with E-state index in [9.17, 15) is 4.79 Å². The molecule has 1 fully saturated rings. The van der Waals surface area contributed by atoms with Gasteiger partial charge in [-0.2, -0.15) is 0 Å². The van der Waals surface area contributed by atoms with Crippen LogP contribution in [0.4, 0.5) is 0 Å². The summed E-state index contributed by atoms with van der Waals surface area (Å²) in [5.74, 6) is 0.193. The third kappa shape index (κ3) is 3.80. The smallest absolute Gasteiger partial charge is 0.236 e. The van der Waals surface area contributed by atoms with Crippen molar-refractivity contribution in [3.63, 3.8) is 0 Å². The lowest BCUT2D eigenvalue weighted by Gasteiger charge is -2.36. The fourth-order valence-corrected chi connectivity index (χ4v) is 2.14. The number of aliphatic hydroxyl groups is 1. The molecule has 1 aliphatic rings. The second kappa shape index (κ2) is 6.08. The van der Waals surface area contributed by atoms with Gasteiger partial charge in [0.25, 0.3) is 0 Å². The molecule has 1 rings (SSSR count). The van der Waals surface area contributed by atoms with Gasteiger partial charge in [0, 0.05) is 19.2 Å². The van der Waals surface area contributed by atoms with E-state index in [-0.39, 0.29) is 18.6 Å². The van der Waals surface area contributed by atoms with E-state index >= 15 is 0 Å². The molecule has 1 aliphatic heterocycles. The van der Waals surface area contributed by atoms with Gasteiger partial charge in [-0.25, -0.2) is 0 Å². The van der Waals surface area contributed by atoms with E-state index in [0.29, 0.717) is 6.54 Å². The van der Waals surface area contributed by atoms with E-state index in [1.165, 1.54) is 6.42 Å². The lowest BCUT2D eigenvalue weighted by Crippen LogP contribution is -2.47. The van der Waals surface area contributed by atoms with Gasteiger partial charge in [-0.05, 0) is 39.8 Å². The molecule has 0 spiro atoms. The minimum Gasteiger partial charge on any atom is -0.396 e. The van der Waals surface area contributed by atoms with Crippen molar-refractivity contribution in [1.29, 1.82) is 0 Å². The summed E-state index contributed by atoms with van der Waals surface area (Å²) < 4.78 is 0. The minimum atomic E-state index is 0.177. The summed E-state index contributed by atoms with van der Waals surface area (Å²) in [4.78, 5) is 15.7. The first-order valence-corrected chi connectivity index (χ1v) is 5.70. The average molecular weight is 214 g/mol. The van der Waals surface area contributed by atoms with Gasteiger partial charge in [-0.1, -0.05) is 0 Å². The van der Waals surface area contributed by atoms with Crippen molar-refractivity contribution in [3.05, 3.63) is 0 Å². The SMILES string of the molecule is CN(C)CC(=O)N1CCCCC1CCO. The standard InChI is InChI=1S/C11H22N2O2/c1-12(2)9-11(15)13-7-4-3-5-10(13)6-8-14/h10,14H,3-9H2,1-2H3. The summed E-state index contributed by atoms with van der Waals surface area (Å²) in [6.45, 7) is 1.51. The first-order chi connectivity index (χ1) is 7.15. The van der Waals surface area contributed by atoms with Crippen LogP contribution in [-0.2, 0) is 4.79 Å². The summed E-state index contributed by atoms with van der Waals surface area (Å²) in [7, 11) is 3.81. The van der Waals surface area contributed by atoms with Crippen LogP contribution in [0, 0.1) is 0 Å². The number of carbonyl (C=O) groups is 1. The summed E-state index contributed by atoms with van der Waals surface area (Å²) in [5.41, 5.74) is 0. The van der Waals surface area contributed by atoms with Gasteiger partial charge in [0.15, 0.2) is 0 Å². The van der Waals surface area contributed by atoms with Crippen LogP contribution in [0.1, 0.15) is 25.7 Å². The van der Waals surface area contributed by atoms with E-state index in [2.05, 4.69) is 0 Å². The minimum absolute atomic E-state index is 0.177. The molecule has 0 bridgehead atoms. The Morgan fingerprint density at radius 1 is 1.47 bits per heavy atom. The van der Waals surface area contributed by atoms with Crippen molar-refractivity contribution in [3.8, 4) is 0 Å². The molecule has 88 valence electrons. The van der Waals surface area contributed by atoms with E-state index in [4.69, 9.17) is 5.11 Å². The third-order valence-electron chi connectivity index (χ3n) is 2.86. The predicted octanol–water partition coefficient (Wildman–Crippen LogP) is 0.311. The number of hydrogen-bond donors (Lipinski definition) is 1. The van der Waals surface area contributed by atoms with Gasteiger partial charge in [0.1, 0.15) is 0 Å². The summed E-state index contributed by atoms with van der Waals surface area (Å²) in [6.07, 6.45) is 4.04. The molecule has 0 radical (unpaired) electrons. The van der Waals surface area contributed by atoms with Crippen LogP contribution in [0.15, 0.2) is 0 Å². The van der Waals surface area contributed by atoms with E-state index in [0.717, 1.165) is 25.8 Å². The number of amides is 1. The Morgan fingerprint density at radius 2 is 2.20 bits per heavy atom. The Bertz CT molecular complexity index is 205. The van der Waals surface area contributed by atoms with Crippen LogP contribution in [0.3, 0.4) is 0 Å². The Balaban J connectivity index is 2.51. The predicted molar refractivity (Wildman–Crippen MR) is 59.6 cm³/mol. The highest BCUT2D eigenvalue weighted by atomic mass is 16.3. The van der Waals surface area contributed by atoms with Crippen LogP contribution in [0.2, 0.25) is 0 Å².